The third kappa shape index (κ3) is 32.4. The quantitative estimate of drug-likeness (QED) is 0.0172. The molecule has 1 aliphatic heterocycles. The molecule has 4 aromatic carbocycles. The molecule has 1 aliphatic rings. The normalized spacial score (nSPS) is 13.9. The minimum Gasteiger partial charge on any atom is -0.394 e. The van der Waals surface area contributed by atoms with Gasteiger partial charge in [-0.3, -0.25) is 57.5 Å². The molecule has 37 nitrogen and oxygen atoms in total. The molecule has 0 radical (unpaired) electrons. The highest BCUT2D eigenvalue weighted by atomic mass is 127. The lowest BCUT2D eigenvalue weighted by atomic mass is 10.00. The fourth-order valence-corrected chi connectivity index (χ4v) is 27.4. The Morgan fingerprint density at radius 3 is 0.826 bits per heavy atom. The predicted octanol–water partition coefficient (Wildman–Crippen LogP) is 1.58. The number of aliphatic hydroxyl groups excluding tert-OH is 13. The number of nitrogens with one attached hydrogen (secondary N) is 10. The second-order valence-electron chi connectivity index (χ2n) is 24.3. The van der Waals surface area contributed by atoms with Crippen LogP contribution in [0.2, 0.25) is 0 Å². The first-order valence-electron chi connectivity index (χ1n) is 33.3. The summed E-state index contributed by atoms with van der Waals surface area (Å²) in [5.74, 6) is -6.63. The zero-order chi connectivity index (χ0) is 87.5. The summed E-state index contributed by atoms with van der Waals surface area (Å²) in [7, 11) is 0. The first-order chi connectivity index (χ1) is 53.8. The molecule has 0 spiro atoms. The molecule has 0 aliphatic carbocycles. The van der Waals surface area contributed by atoms with Crippen molar-refractivity contribution >= 4 is 365 Å². The number of carbonyl (C=O) groups is 12. The van der Waals surface area contributed by atoms with Gasteiger partial charge in [0.2, 0.25) is 23.6 Å². The molecule has 1 fully saturated rings. The minimum atomic E-state index is -1.46. The van der Waals surface area contributed by atoms with Gasteiger partial charge in [-0.1, -0.05) is 0 Å². The van der Waals surface area contributed by atoms with Crippen molar-refractivity contribution in [3.8, 4) is 0 Å². The first kappa shape index (κ1) is 108. The number of epoxide rings is 1. The number of benzene rings is 4. The van der Waals surface area contributed by atoms with Gasteiger partial charge in [-0.15, -0.1) is 0 Å². The van der Waals surface area contributed by atoms with E-state index in [2.05, 4.69) is 53.2 Å². The molecule has 5 rings (SSSR count). The van der Waals surface area contributed by atoms with Crippen molar-refractivity contribution in [1.82, 2.24) is 37.2 Å². The number of aliphatic hydroxyl groups is 13. The second-order valence-corrected chi connectivity index (χ2v) is 37.3. The Labute approximate surface area is 821 Å². The van der Waals surface area contributed by atoms with Gasteiger partial charge in [-0.05, 0) is 284 Å². The van der Waals surface area contributed by atoms with E-state index in [4.69, 9.17) is 25.2 Å². The van der Waals surface area contributed by atoms with Gasteiger partial charge in [0.15, 0.2) is 5.78 Å². The van der Waals surface area contributed by atoms with E-state index in [1.165, 1.54) is 27.7 Å². The Morgan fingerprint density at radius 1 is 0.348 bits per heavy atom. The van der Waals surface area contributed by atoms with Crippen LogP contribution in [0.5, 0.6) is 0 Å². The summed E-state index contributed by atoms with van der Waals surface area (Å²) in [6.07, 6.45) is -8.03. The average Bonchev–Trinajstić information content (AvgIpc) is 1.53. The molecular formula is C66H79I12N11O26. The van der Waals surface area contributed by atoms with E-state index < -0.39 is 154 Å². The third-order valence-electron chi connectivity index (χ3n) is 15.2. The van der Waals surface area contributed by atoms with Crippen LogP contribution in [0.3, 0.4) is 0 Å². The topological polar surface area (TPSA) is 604 Å². The summed E-state index contributed by atoms with van der Waals surface area (Å²) < 4.78 is 9.03. The monoisotopic (exact) mass is 2960 g/mol. The van der Waals surface area contributed by atoms with E-state index in [1.807, 2.05) is 248 Å². The van der Waals surface area contributed by atoms with Crippen molar-refractivity contribution in [3.05, 3.63) is 87.3 Å². The molecule has 0 bridgehead atoms. The van der Waals surface area contributed by atoms with E-state index in [9.17, 15) is 103 Å². The van der Waals surface area contributed by atoms with E-state index in [0.29, 0.717) is 55.8 Å². The lowest BCUT2D eigenvalue weighted by molar-refractivity contribution is -0.117. The van der Waals surface area contributed by atoms with E-state index in [1.54, 1.807) is 22.6 Å². The summed E-state index contributed by atoms with van der Waals surface area (Å²) in [5, 5.41) is 149. The fraction of sp³-hybridized carbons (Fsp3) is 0.455. The maximum atomic E-state index is 13.8. The molecule has 1 saturated heterocycles. The van der Waals surface area contributed by atoms with Crippen LogP contribution in [0.15, 0.2) is 0 Å². The van der Waals surface area contributed by atoms with Gasteiger partial charge in [0.1, 0.15) is 0 Å². The van der Waals surface area contributed by atoms with Gasteiger partial charge >= 0.3 is 0 Å². The van der Waals surface area contributed by atoms with E-state index in [-0.39, 0.29) is 137 Å². The number of anilines is 4. The van der Waals surface area contributed by atoms with Crippen LogP contribution >= 0.6 is 271 Å². The van der Waals surface area contributed by atoms with Crippen LogP contribution in [-0.4, -0.2) is 285 Å². The predicted molar refractivity (Wildman–Crippen MR) is 518 cm³/mol. The zero-order valence-electron chi connectivity index (χ0n) is 60.5. The number of carbonyl (C=O) groups excluding carboxylic acids is 12. The molecule has 115 heavy (non-hydrogen) atoms. The largest absolute Gasteiger partial charge is 0.394 e. The number of rotatable bonds is 38. The number of hydrogen-bond donors (Lipinski definition) is 23. The summed E-state index contributed by atoms with van der Waals surface area (Å²) >= 11 is 22.4. The smallest absolute Gasteiger partial charge is 0.253 e. The number of halogens is 12. The number of nitrogens with zero attached hydrogens (tertiary/aromatic N) is 1. The van der Waals surface area contributed by atoms with Crippen LogP contribution < -0.4 is 58.1 Å². The number of ketones is 1. The van der Waals surface area contributed by atoms with Crippen LogP contribution in [0.4, 0.5) is 22.7 Å². The maximum absolute atomic E-state index is 13.8. The van der Waals surface area contributed by atoms with E-state index in [0.717, 1.165) is 4.90 Å². The molecule has 49 heteroatoms. The molecule has 0 saturated carbocycles. The summed E-state index contributed by atoms with van der Waals surface area (Å²) in [5.41, 5.74) is 1.61. The van der Waals surface area contributed by atoms with Gasteiger partial charge in [0.05, 0.1) is 188 Å². The summed E-state index contributed by atoms with van der Waals surface area (Å²) in [6, 6.07) is 0. The fourth-order valence-electron chi connectivity index (χ4n) is 9.33. The molecule has 4 aromatic rings. The molecular weight excluding hydrogens is 2890 g/mol. The summed E-state index contributed by atoms with van der Waals surface area (Å²) in [4.78, 5) is 155. The highest BCUT2D eigenvalue weighted by Crippen LogP contribution is 2.42. The number of hydrogen-bond acceptors (Lipinski definition) is 26. The van der Waals surface area contributed by atoms with Crippen molar-refractivity contribution in [2.45, 2.75) is 95.8 Å². The third-order valence-corrected chi connectivity index (χ3v) is 28.1. The lowest BCUT2D eigenvalue weighted by Crippen LogP contribution is -2.43. The molecule has 1 heterocycles. The van der Waals surface area contributed by atoms with Gasteiger partial charge in [-0.2, -0.15) is 0 Å². The minimum absolute atomic E-state index is 0.00347. The Balaban J connectivity index is 0.000000493. The van der Waals surface area contributed by atoms with Gasteiger partial charge < -0.3 is 129 Å². The van der Waals surface area contributed by atoms with Crippen LogP contribution in [-0.2, 0) is 23.9 Å². The highest BCUT2D eigenvalue weighted by Gasteiger charge is 2.36. The lowest BCUT2D eigenvalue weighted by Gasteiger charge is -2.29. The van der Waals surface area contributed by atoms with E-state index >= 15 is 0 Å². The van der Waals surface area contributed by atoms with Crippen LogP contribution in [0.1, 0.15) is 130 Å². The number of Topliss-reactive ketones (excluding diaryl/α,β-unsaturated/α-hetero) is 1. The van der Waals surface area contributed by atoms with Crippen molar-refractivity contribution in [2.75, 3.05) is 119 Å². The zero-order valence-corrected chi connectivity index (χ0v) is 86.3. The van der Waals surface area contributed by atoms with Crippen molar-refractivity contribution < 1.29 is 129 Å². The molecule has 0 aromatic heterocycles. The van der Waals surface area contributed by atoms with Gasteiger partial charge in [-0.25, -0.2) is 0 Å². The highest BCUT2D eigenvalue weighted by molar-refractivity contribution is 14.1. The molecule has 11 amide bonds. The maximum Gasteiger partial charge on any atom is 0.253 e. The summed E-state index contributed by atoms with van der Waals surface area (Å²) in [6.45, 7) is 0.722. The average molecular weight is 2970 g/mol. The van der Waals surface area contributed by atoms with Crippen molar-refractivity contribution in [2.24, 2.45) is 0 Å². The molecule has 638 valence electrons. The second kappa shape index (κ2) is 53.3. The molecule has 8 atom stereocenters. The van der Waals surface area contributed by atoms with Crippen molar-refractivity contribution in [1.29, 1.82) is 0 Å². The Hall–Kier alpha value is -1.08. The van der Waals surface area contributed by atoms with Gasteiger partial charge in [0.25, 0.3) is 41.4 Å². The van der Waals surface area contributed by atoms with Gasteiger partial charge in [0, 0.05) is 103 Å². The van der Waals surface area contributed by atoms with Crippen LogP contribution in [0.25, 0.3) is 0 Å². The Kier molecular flexibility index (Phi) is 50.1. The first-order valence-corrected chi connectivity index (χ1v) is 46.3. The standard InChI is InChI=1S/C33H39I6N5O13.C17H20I3N3O6.C16H20I3N3O7/c1-12(48)43-29-25(36)20(24(35)21(26(29)37)32(56)41-6-16(52)10-46)31(55)40-5-15(51)8-44(13(2)49)30-27(38)19(18(54)4-3-14(50)9-45)23(34)22(28(30)39)33(57)42-7-17(53)11-47;1-7(25)23-15-13(19)10(16(27)21-3-2-9-6-29-9)12(18)11(14(15)20)17(28)22-4-8(26)5-24;1-6(25)22-14-12(18)9(15(28)20-2-7(26)4-23)11(17)10(13(14)19)16(29)21-3-8(27)5-24/h14-17,45-47,50-53H,3-11H2,1-2H3,(H,40,55)(H,41,56)(H,42,57)(H,43,48);8-9,24,26H,2-6H2,1H3,(H,21,27)(H,22,28)(H,23,25);7-8,23-24,26-27H,2-5H2,1H3,(H,20,28)(H,21,29)(H,22,25). The molecule has 8 unspecified atom stereocenters. The van der Waals surface area contributed by atoms with Crippen molar-refractivity contribution in [3.63, 3.8) is 0 Å². The molecule has 23 N–H and O–H groups in total. The number of amides is 11. The van der Waals surface area contributed by atoms with Crippen LogP contribution in [0, 0.1) is 42.8 Å². The number of ether oxygens (including phenoxy) is 1. The Morgan fingerprint density at radius 2 is 0.583 bits per heavy atom. The SMILES string of the molecule is CC(=O)Nc1c(I)c(C(=O)NCC(O)CO)c(I)c(C(=O)NCC(O)CN(C(C)=O)c2c(I)c(C(=O)CCC(O)CO)c(I)c(C(=O)NCC(O)CO)c2I)c1I.CC(=O)Nc1c(I)c(C(=O)NCC(O)CO)c(I)c(C(=O)NCC(O)CO)c1I.CC(=O)Nc1c(I)c(C(=O)NCCC2CO2)c(I)c(C(=O)NCC(O)CO)c1I. The Bertz CT molecular complexity index is 4160.